The summed E-state index contributed by atoms with van der Waals surface area (Å²) in [7, 11) is 0. The maximum Gasteiger partial charge on any atom is 0.234 e. The van der Waals surface area contributed by atoms with Gasteiger partial charge in [-0.1, -0.05) is 18.2 Å². The molecule has 17 heavy (non-hydrogen) atoms. The van der Waals surface area contributed by atoms with Gasteiger partial charge in [0, 0.05) is 5.22 Å². The Bertz CT molecular complexity index is 579. The summed E-state index contributed by atoms with van der Waals surface area (Å²) < 4.78 is 0. The summed E-state index contributed by atoms with van der Waals surface area (Å²) in [6.07, 6.45) is 1.62. The average molecular weight is 229 g/mol. The van der Waals surface area contributed by atoms with Gasteiger partial charge in [-0.2, -0.15) is 0 Å². The highest BCUT2D eigenvalue weighted by atomic mass is 16.1. The summed E-state index contributed by atoms with van der Waals surface area (Å²) >= 11 is 0. The van der Waals surface area contributed by atoms with Crippen molar-refractivity contribution in [2.75, 3.05) is 6.54 Å². The molecular formula is C13H15N3O. The second-order valence-corrected chi connectivity index (χ2v) is 4.59. The van der Waals surface area contributed by atoms with Crippen molar-refractivity contribution < 1.29 is 4.79 Å². The monoisotopic (exact) mass is 229 g/mol. The number of nitrogens with two attached hydrogens (primary N) is 1. The third-order valence-electron chi connectivity index (χ3n) is 3.52. The average Bonchev–Trinajstić information content (AvgIpc) is 2.53. The molecule has 3 rings (SSSR count). The number of benzene rings is 1. The van der Waals surface area contributed by atoms with E-state index in [9.17, 15) is 4.79 Å². The van der Waals surface area contributed by atoms with Gasteiger partial charge in [0.05, 0.1) is 17.4 Å². The van der Waals surface area contributed by atoms with E-state index in [-0.39, 0.29) is 18.0 Å². The lowest BCUT2D eigenvalue weighted by Gasteiger charge is -2.12. The minimum atomic E-state index is -0.275. The first-order chi connectivity index (χ1) is 8.25. The molecule has 1 aromatic rings. The molecule has 3 N–H and O–H groups in total. The number of primary amides is 1. The number of carbonyl (C=O) groups is 1. The van der Waals surface area contributed by atoms with E-state index in [1.54, 1.807) is 0 Å². The smallest absolute Gasteiger partial charge is 0.234 e. The first kappa shape index (κ1) is 10.5. The van der Waals surface area contributed by atoms with E-state index in [1.165, 1.54) is 10.8 Å². The van der Waals surface area contributed by atoms with Crippen LogP contribution in [-0.2, 0) is 4.79 Å². The number of nitrogens with zero attached hydrogens (tertiary/aromatic N) is 1. The summed E-state index contributed by atoms with van der Waals surface area (Å²) in [5.74, 6) is -0.275. The molecule has 1 saturated heterocycles. The van der Waals surface area contributed by atoms with Crippen LogP contribution in [-0.4, -0.2) is 24.5 Å². The summed E-state index contributed by atoms with van der Waals surface area (Å²) in [5, 5.41) is 5.43. The van der Waals surface area contributed by atoms with E-state index in [2.05, 4.69) is 11.4 Å². The van der Waals surface area contributed by atoms with Crippen molar-refractivity contribution in [1.82, 2.24) is 5.32 Å². The van der Waals surface area contributed by atoms with Crippen LogP contribution in [0.3, 0.4) is 0 Å². The Kier molecular flexibility index (Phi) is 2.44. The van der Waals surface area contributed by atoms with Crippen LogP contribution in [0, 0.1) is 0 Å². The quantitative estimate of drug-likeness (QED) is 0.654. The van der Waals surface area contributed by atoms with E-state index < -0.39 is 0 Å². The number of fused-ring (bicyclic) bond motifs is 2. The molecule has 2 unspecified atom stereocenters. The molecule has 0 radical (unpaired) electrons. The van der Waals surface area contributed by atoms with E-state index in [0.717, 1.165) is 18.3 Å². The maximum atomic E-state index is 11.3. The standard InChI is InChI=1S/C13H15N3O/c14-13(17)12-7-9-8-3-1-2-4-10(8)16-11(9)5-6-15-12/h1-4,11-12,15H,5-7H2,(H2,14,17). The lowest BCUT2D eigenvalue weighted by Crippen LogP contribution is -2.41. The normalized spacial score (nSPS) is 26.7. The number of hydrogen-bond donors (Lipinski definition) is 2. The molecule has 0 bridgehead atoms. The van der Waals surface area contributed by atoms with Crippen molar-refractivity contribution in [3.05, 3.63) is 34.8 Å². The minimum absolute atomic E-state index is 0.226. The van der Waals surface area contributed by atoms with E-state index in [4.69, 9.17) is 10.7 Å². The summed E-state index contributed by atoms with van der Waals surface area (Å²) in [4.78, 5) is 16.0. The van der Waals surface area contributed by atoms with Gasteiger partial charge in [-0.3, -0.25) is 9.79 Å². The Morgan fingerprint density at radius 3 is 3.06 bits per heavy atom. The number of rotatable bonds is 1. The Balaban J connectivity index is 2.10. The maximum absolute atomic E-state index is 11.3. The molecule has 88 valence electrons. The summed E-state index contributed by atoms with van der Waals surface area (Å²) in [6, 6.07) is 8.10. The van der Waals surface area contributed by atoms with Gasteiger partial charge >= 0.3 is 0 Å². The molecule has 0 saturated carbocycles. The molecule has 2 aliphatic rings. The van der Waals surface area contributed by atoms with Crippen molar-refractivity contribution in [1.29, 1.82) is 0 Å². The van der Waals surface area contributed by atoms with Crippen molar-refractivity contribution in [2.45, 2.75) is 24.9 Å². The second-order valence-electron chi connectivity index (χ2n) is 4.59. The fourth-order valence-electron chi connectivity index (χ4n) is 2.66. The van der Waals surface area contributed by atoms with Crippen LogP contribution < -0.4 is 21.6 Å². The first-order valence-corrected chi connectivity index (χ1v) is 5.94. The molecule has 2 heterocycles. The van der Waals surface area contributed by atoms with Gasteiger partial charge in [0.1, 0.15) is 0 Å². The van der Waals surface area contributed by atoms with Crippen molar-refractivity contribution in [3.8, 4) is 0 Å². The lowest BCUT2D eigenvalue weighted by atomic mass is 9.99. The minimum Gasteiger partial charge on any atom is -0.368 e. The molecule has 1 fully saturated rings. The van der Waals surface area contributed by atoms with Gasteiger partial charge in [-0.25, -0.2) is 0 Å². The number of amides is 1. The molecule has 2 atom stereocenters. The van der Waals surface area contributed by atoms with Gasteiger partial charge in [0.2, 0.25) is 5.91 Å². The number of para-hydroxylation sites is 1. The van der Waals surface area contributed by atoms with Crippen LogP contribution in [0.15, 0.2) is 29.3 Å². The highest BCUT2D eigenvalue weighted by molar-refractivity contribution is 5.82. The van der Waals surface area contributed by atoms with Crippen molar-refractivity contribution >= 4 is 11.5 Å². The number of hydrogen-bond acceptors (Lipinski definition) is 3. The Morgan fingerprint density at radius 2 is 2.24 bits per heavy atom. The lowest BCUT2D eigenvalue weighted by molar-refractivity contribution is -0.119. The Morgan fingerprint density at radius 1 is 1.41 bits per heavy atom. The highest BCUT2D eigenvalue weighted by Crippen LogP contribution is 2.21. The Hall–Kier alpha value is -1.68. The van der Waals surface area contributed by atoms with Crippen LogP contribution in [0.1, 0.15) is 12.8 Å². The van der Waals surface area contributed by atoms with Crippen LogP contribution in [0.25, 0.3) is 5.57 Å². The van der Waals surface area contributed by atoms with Crippen LogP contribution in [0.4, 0.5) is 0 Å². The van der Waals surface area contributed by atoms with E-state index >= 15 is 0 Å². The largest absolute Gasteiger partial charge is 0.368 e. The molecule has 0 aromatic heterocycles. The molecular weight excluding hydrogens is 214 g/mol. The number of nitrogens with one attached hydrogen (secondary N) is 1. The molecule has 0 spiro atoms. The Labute approximate surface area is 99.2 Å². The van der Waals surface area contributed by atoms with Crippen LogP contribution >= 0.6 is 0 Å². The fraction of sp³-hybridized carbons (Fsp3) is 0.385. The van der Waals surface area contributed by atoms with Gasteiger partial charge in [0.25, 0.3) is 0 Å². The van der Waals surface area contributed by atoms with E-state index in [1.807, 2.05) is 18.2 Å². The SMILES string of the molecule is NC(=O)C1CC2=c3ccccc3=NC2CCN1. The highest BCUT2D eigenvalue weighted by Gasteiger charge is 2.28. The zero-order valence-corrected chi connectivity index (χ0v) is 9.52. The van der Waals surface area contributed by atoms with Crippen molar-refractivity contribution in [3.63, 3.8) is 0 Å². The molecule has 4 nitrogen and oxygen atoms in total. The van der Waals surface area contributed by atoms with Gasteiger partial charge in [0.15, 0.2) is 0 Å². The zero-order valence-electron chi connectivity index (χ0n) is 9.52. The molecule has 2 aliphatic heterocycles. The molecule has 0 aliphatic carbocycles. The third kappa shape index (κ3) is 1.74. The van der Waals surface area contributed by atoms with Crippen LogP contribution in [0.5, 0.6) is 0 Å². The third-order valence-corrected chi connectivity index (χ3v) is 3.52. The zero-order chi connectivity index (χ0) is 11.8. The van der Waals surface area contributed by atoms with Gasteiger partial charge < -0.3 is 11.1 Å². The van der Waals surface area contributed by atoms with Gasteiger partial charge in [-0.15, -0.1) is 0 Å². The fourth-order valence-corrected chi connectivity index (χ4v) is 2.66. The van der Waals surface area contributed by atoms with E-state index in [0.29, 0.717) is 6.42 Å². The van der Waals surface area contributed by atoms with Crippen LogP contribution in [0.2, 0.25) is 0 Å². The predicted molar refractivity (Wildman–Crippen MR) is 64.6 cm³/mol. The molecule has 1 aromatic carbocycles. The molecule has 4 heteroatoms. The topological polar surface area (TPSA) is 67.5 Å². The summed E-state index contributed by atoms with van der Waals surface area (Å²) in [5.41, 5.74) is 6.65. The second kappa shape index (κ2) is 3.96. The predicted octanol–water partition coefficient (Wildman–Crippen LogP) is -0.924. The first-order valence-electron chi connectivity index (χ1n) is 5.94. The van der Waals surface area contributed by atoms with Crippen molar-refractivity contribution in [2.24, 2.45) is 10.7 Å². The summed E-state index contributed by atoms with van der Waals surface area (Å²) in [6.45, 7) is 0.791. The number of carbonyl (C=O) groups excluding carboxylic acids is 1. The van der Waals surface area contributed by atoms with Gasteiger partial charge in [-0.05, 0) is 31.0 Å². The molecule has 1 amide bonds.